The van der Waals surface area contributed by atoms with Crippen molar-refractivity contribution in [3.05, 3.63) is 88.2 Å². The molecule has 1 atom stereocenters. The van der Waals surface area contributed by atoms with Crippen molar-refractivity contribution in [1.29, 1.82) is 0 Å². The molecule has 0 fully saturated rings. The SMILES string of the molecule is COc1ccc([C@@H](C)NC(=O)CN(Cc2c(F)cccc2Cl)S(=O)(=O)c2ccc(C)cc2)cc1OC. The zero-order valence-corrected chi connectivity index (χ0v) is 22.0. The van der Waals surface area contributed by atoms with Gasteiger partial charge in [-0.15, -0.1) is 0 Å². The molecule has 10 heteroatoms. The molecule has 0 saturated heterocycles. The van der Waals surface area contributed by atoms with Crippen LogP contribution in [0, 0.1) is 12.7 Å². The molecule has 1 N–H and O–H groups in total. The Labute approximate surface area is 215 Å². The molecule has 0 unspecified atom stereocenters. The number of amides is 1. The van der Waals surface area contributed by atoms with Crippen molar-refractivity contribution < 1.29 is 27.1 Å². The van der Waals surface area contributed by atoms with Gasteiger partial charge >= 0.3 is 0 Å². The molecular formula is C26H28ClFN2O5S. The molecule has 1 amide bonds. The third-order valence-electron chi connectivity index (χ3n) is 5.66. The molecule has 3 rings (SSSR count). The first-order valence-electron chi connectivity index (χ1n) is 11.1. The van der Waals surface area contributed by atoms with E-state index in [0.717, 1.165) is 15.4 Å². The van der Waals surface area contributed by atoms with Gasteiger partial charge < -0.3 is 14.8 Å². The molecular weight excluding hydrogens is 507 g/mol. The number of benzene rings is 3. The Kier molecular flexibility index (Phi) is 8.94. The van der Waals surface area contributed by atoms with Crippen molar-refractivity contribution in [2.24, 2.45) is 0 Å². The van der Waals surface area contributed by atoms with E-state index in [2.05, 4.69) is 5.32 Å². The van der Waals surface area contributed by atoms with E-state index >= 15 is 0 Å². The van der Waals surface area contributed by atoms with E-state index in [1.807, 2.05) is 6.92 Å². The van der Waals surface area contributed by atoms with Crippen LogP contribution in [0.25, 0.3) is 0 Å². The minimum atomic E-state index is -4.15. The summed E-state index contributed by atoms with van der Waals surface area (Å²) >= 11 is 6.16. The van der Waals surface area contributed by atoms with Crippen molar-refractivity contribution in [1.82, 2.24) is 9.62 Å². The summed E-state index contributed by atoms with van der Waals surface area (Å²) in [5.41, 5.74) is 1.58. The van der Waals surface area contributed by atoms with Crippen LogP contribution in [-0.2, 0) is 21.4 Å². The third kappa shape index (κ3) is 6.34. The summed E-state index contributed by atoms with van der Waals surface area (Å²) in [6.07, 6.45) is 0. The number of carbonyl (C=O) groups excluding carboxylic acids is 1. The molecule has 0 bridgehead atoms. The maximum Gasteiger partial charge on any atom is 0.243 e. The summed E-state index contributed by atoms with van der Waals surface area (Å²) in [6, 6.07) is 15.0. The van der Waals surface area contributed by atoms with Gasteiger partial charge in [0.15, 0.2) is 11.5 Å². The fourth-order valence-corrected chi connectivity index (χ4v) is 5.18. The fourth-order valence-electron chi connectivity index (χ4n) is 3.60. The van der Waals surface area contributed by atoms with Crippen molar-refractivity contribution in [3.8, 4) is 11.5 Å². The summed E-state index contributed by atoms with van der Waals surface area (Å²) in [5, 5.41) is 2.86. The van der Waals surface area contributed by atoms with E-state index in [-0.39, 0.29) is 15.5 Å². The number of methoxy groups -OCH3 is 2. The van der Waals surface area contributed by atoms with Crippen LogP contribution in [-0.4, -0.2) is 39.4 Å². The molecule has 0 saturated carbocycles. The molecule has 0 aliphatic carbocycles. The Morgan fingerprint density at radius 1 is 1.06 bits per heavy atom. The van der Waals surface area contributed by atoms with Crippen LogP contribution in [0.2, 0.25) is 5.02 Å². The molecule has 7 nitrogen and oxygen atoms in total. The molecule has 36 heavy (non-hydrogen) atoms. The van der Waals surface area contributed by atoms with Gasteiger partial charge in [-0.1, -0.05) is 41.4 Å². The molecule has 3 aromatic carbocycles. The number of halogens is 2. The molecule has 0 aromatic heterocycles. The first kappa shape index (κ1) is 27.4. The van der Waals surface area contributed by atoms with E-state index in [1.54, 1.807) is 37.3 Å². The van der Waals surface area contributed by atoms with Gasteiger partial charge in [-0.25, -0.2) is 12.8 Å². The number of hydrogen-bond acceptors (Lipinski definition) is 5. The Morgan fingerprint density at radius 3 is 2.33 bits per heavy atom. The van der Waals surface area contributed by atoms with Crippen LogP contribution < -0.4 is 14.8 Å². The van der Waals surface area contributed by atoms with E-state index < -0.39 is 40.9 Å². The Balaban J connectivity index is 1.88. The van der Waals surface area contributed by atoms with E-state index in [9.17, 15) is 17.6 Å². The second-order valence-corrected chi connectivity index (χ2v) is 10.5. The van der Waals surface area contributed by atoms with Gasteiger partial charge in [-0.05, 0) is 55.8 Å². The van der Waals surface area contributed by atoms with Gasteiger partial charge in [-0.2, -0.15) is 4.31 Å². The topological polar surface area (TPSA) is 84.9 Å². The lowest BCUT2D eigenvalue weighted by Crippen LogP contribution is -2.41. The first-order valence-corrected chi connectivity index (χ1v) is 12.9. The molecule has 0 heterocycles. The van der Waals surface area contributed by atoms with Gasteiger partial charge in [0, 0.05) is 17.1 Å². The number of sulfonamides is 1. The molecule has 0 aliphatic heterocycles. The molecule has 0 radical (unpaired) electrons. The number of ether oxygens (including phenoxy) is 2. The number of nitrogens with zero attached hydrogens (tertiary/aromatic N) is 1. The largest absolute Gasteiger partial charge is 0.493 e. The molecule has 0 spiro atoms. The summed E-state index contributed by atoms with van der Waals surface area (Å²) in [5.74, 6) is -0.197. The van der Waals surface area contributed by atoms with Gasteiger partial charge in [0.2, 0.25) is 15.9 Å². The minimum absolute atomic E-state index is 0.0127. The standard InChI is InChI=1S/C26H28ClFN2O5S/c1-17-8-11-20(12-9-17)36(32,33)30(15-21-22(27)6-5-7-23(21)28)16-26(31)29-18(2)19-10-13-24(34-3)25(14-19)35-4/h5-14,18H,15-16H2,1-4H3,(H,29,31)/t18-/m1/s1. The van der Waals surface area contributed by atoms with Crippen molar-refractivity contribution >= 4 is 27.5 Å². The lowest BCUT2D eigenvalue weighted by Gasteiger charge is -2.24. The Morgan fingerprint density at radius 2 is 1.72 bits per heavy atom. The van der Waals surface area contributed by atoms with Crippen LogP contribution in [0.3, 0.4) is 0 Å². The third-order valence-corrected chi connectivity index (χ3v) is 7.82. The van der Waals surface area contributed by atoms with Crippen LogP contribution in [0.1, 0.15) is 29.7 Å². The van der Waals surface area contributed by atoms with Gasteiger partial charge in [-0.3, -0.25) is 4.79 Å². The van der Waals surface area contributed by atoms with Gasteiger partial charge in [0.1, 0.15) is 5.82 Å². The van der Waals surface area contributed by atoms with Crippen LogP contribution >= 0.6 is 11.6 Å². The summed E-state index contributed by atoms with van der Waals surface area (Å²) < 4.78 is 52.9. The quantitative estimate of drug-likeness (QED) is 0.401. The first-order chi connectivity index (χ1) is 17.1. The highest BCUT2D eigenvalue weighted by atomic mass is 35.5. The van der Waals surface area contributed by atoms with Crippen LogP contribution in [0.4, 0.5) is 4.39 Å². The Hall–Kier alpha value is -3.14. The maximum absolute atomic E-state index is 14.5. The second kappa shape index (κ2) is 11.7. The fraction of sp³-hybridized carbons (Fsp3) is 0.269. The predicted molar refractivity (Wildman–Crippen MR) is 136 cm³/mol. The number of aryl methyl sites for hydroxylation is 1. The van der Waals surface area contributed by atoms with Crippen LogP contribution in [0.15, 0.2) is 65.6 Å². The lowest BCUT2D eigenvalue weighted by molar-refractivity contribution is -0.122. The number of hydrogen-bond donors (Lipinski definition) is 1. The van der Waals surface area contributed by atoms with Gasteiger partial charge in [0.05, 0.1) is 31.7 Å². The van der Waals surface area contributed by atoms with Gasteiger partial charge in [0.25, 0.3) is 0 Å². The molecule has 3 aromatic rings. The lowest BCUT2D eigenvalue weighted by atomic mass is 10.1. The zero-order chi connectivity index (χ0) is 26.5. The summed E-state index contributed by atoms with van der Waals surface area (Å²) in [6.45, 7) is 2.63. The van der Waals surface area contributed by atoms with Crippen LogP contribution in [0.5, 0.6) is 11.5 Å². The number of rotatable bonds is 10. The summed E-state index contributed by atoms with van der Waals surface area (Å²) in [4.78, 5) is 13.0. The maximum atomic E-state index is 14.5. The van der Waals surface area contributed by atoms with E-state index in [4.69, 9.17) is 21.1 Å². The van der Waals surface area contributed by atoms with Crippen molar-refractivity contribution in [2.75, 3.05) is 20.8 Å². The highest BCUT2D eigenvalue weighted by molar-refractivity contribution is 7.89. The number of carbonyl (C=O) groups is 1. The highest BCUT2D eigenvalue weighted by Crippen LogP contribution is 2.30. The predicted octanol–water partition coefficient (Wildman–Crippen LogP) is 4.87. The normalized spacial score (nSPS) is 12.3. The minimum Gasteiger partial charge on any atom is -0.493 e. The Bertz CT molecular complexity index is 1310. The molecule has 0 aliphatic rings. The van der Waals surface area contributed by atoms with E-state index in [0.29, 0.717) is 11.5 Å². The smallest absolute Gasteiger partial charge is 0.243 e. The average Bonchev–Trinajstić information content (AvgIpc) is 2.85. The van der Waals surface area contributed by atoms with Crippen molar-refractivity contribution in [3.63, 3.8) is 0 Å². The second-order valence-electron chi connectivity index (χ2n) is 8.19. The number of nitrogens with one attached hydrogen (secondary N) is 1. The zero-order valence-electron chi connectivity index (χ0n) is 20.4. The monoisotopic (exact) mass is 534 g/mol. The van der Waals surface area contributed by atoms with E-state index in [1.165, 1.54) is 44.6 Å². The average molecular weight is 535 g/mol. The molecule has 192 valence electrons. The summed E-state index contributed by atoms with van der Waals surface area (Å²) in [7, 11) is -1.13. The highest BCUT2D eigenvalue weighted by Gasteiger charge is 2.29. The van der Waals surface area contributed by atoms with Crippen molar-refractivity contribution in [2.45, 2.75) is 31.3 Å².